The van der Waals surface area contributed by atoms with E-state index >= 15 is 0 Å². The van der Waals surface area contributed by atoms with Gasteiger partial charge in [-0.1, -0.05) is 30.4 Å². The second-order valence-electron chi connectivity index (χ2n) is 6.73. The van der Waals surface area contributed by atoms with Crippen molar-refractivity contribution in [2.24, 2.45) is 11.8 Å². The van der Waals surface area contributed by atoms with Crippen LogP contribution in [-0.4, -0.2) is 64.5 Å². The van der Waals surface area contributed by atoms with Crippen LogP contribution in [0.1, 0.15) is 0 Å². The topological polar surface area (TPSA) is 96.3 Å². The van der Waals surface area contributed by atoms with Gasteiger partial charge in [0.25, 0.3) is 0 Å². The normalized spacial score (nSPS) is 33.6. The number of β-amino-alcohol motifs (C(OH)–C–C–N with tert-alkyl or cyclic N) is 1. The Kier molecular flexibility index (Phi) is 3.77. The Balaban J connectivity index is 1.40. The number of amides is 1. The van der Waals surface area contributed by atoms with Gasteiger partial charge in [0.05, 0.1) is 25.1 Å². The molecule has 2 saturated heterocycles. The van der Waals surface area contributed by atoms with Crippen LogP contribution in [0.25, 0.3) is 0 Å². The average molecular weight is 345 g/mol. The molecule has 132 valence electrons. The molecule has 0 radical (unpaired) electrons. The van der Waals surface area contributed by atoms with E-state index in [0.29, 0.717) is 5.75 Å². The summed E-state index contributed by atoms with van der Waals surface area (Å²) in [7, 11) is 0. The summed E-state index contributed by atoms with van der Waals surface area (Å²) in [5, 5.41) is 19.6. The minimum Gasteiger partial charge on any atom is -0.491 e. The van der Waals surface area contributed by atoms with Gasteiger partial charge in [0, 0.05) is 0 Å². The number of carbonyl (C=O) groups excluding carboxylic acids is 1. The summed E-state index contributed by atoms with van der Waals surface area (Å²) in [6.07, 6.45) is 2.11. The number of aliphatic hydroxyl groups is 1. The molecule has 1 aromatic carbocycles. The van der Waals surface area contributed by atoms with Crippen LogP contribution in [-0.2, 0) is 14.3 Å². The van der Waals surface area contributed by atoms with E-state index in [1.807, 2.05) is 18.2 Å². The molecule has 1 amide bonds. The quantitative estimate of drug-likeness (QED) is 0.720. The lowest BCUT2D eigenvalue weighted by Crippen LogP contribution is -2.40. The molecule has 7 nitrogen and oxygen atoms in total. The van der Waals surface area contributed by atoms with Gasteiger partial charge in [-0.05, 0) is 12.1 Å². The van der Waals surface area contributed by atoms with Crippen LogP contribution in [0, 0.1) is 11.8 Å². The van der Waals surface area contributed by atoms with E-state index in [0.717, 1.165) is 0 Å². The van der Waals surface area contributed by atoms with Gasteiger partial charge in [-0.25, -0.2) is 0 Å². The molecule has 1 spiro atoms. The number of carbonyl (C=O) groups is 2. The van der Waals surface area contributed by atoms with Crippen LogP contribution >= 0.6 is 0 Å². The highest BCUT2D eigenvalue weighted by molar-refractivity contribution is 5.90. The number of fused-ring (bicyclic) bond motifs is 1. The second kappa shape index (κ2) is 5.86. The Morgan fingerprint density at radius 1 is 1.40 bits per heavy atom. The van der Waals surface area contributed by atoms with Gasteiger partial charge >= 0.3 is 5.97 Å². The SMILES string of the molecule is O=C(O)[C@H]1[C@H]2C=C[C@]3(CN(C[C@H](O)COc4ccccc4)C(=O)[C@@H]13)O2. The maximum Gasteiger partial charge on any atom is 0.310 e. The highest BCUT2D eigenvalue weighted by Crippen LogP contribution is 2.51. The predicted octanol–water partition coefficient (Wildman–Crippen LogP) is 0.293. The lowest BCUT2D eigenvalue weighted by atomic mass is 9.77. The van der Waals surface area contributed by atoms with Gasteiger partial charge in [-0.2, -0.15) is 0 Å². The van der Waals surface area contributed by atoms with Crippen molar-refractivity contribution in [2.45, 2.75) is 17.8 Å². The van der Waals surface area contributed by atoms with Gasteiger partial charge in [0.1, 0.15) is 30.0 Å². The number of rotatable bonds is 6. The molecule has 2 bridgehead atoms. The van der Waals surface area contributed by atoms with E-state index in [1.54, 1.807) is 24.3 Å². The van der Waals surface area contributed by atoms with E-state index in [4.69, 9.17) is 9.47 Å². The molecule has 7 heteroatoms. The molecule has 0 aliphatic carbocycles. The Morgan fingerprint density at radius 3 is 2.88 bits per heavy atom. The number of ether oxygens (including phenoxy) is 2. The molecule has 3 aliphatic heterocycles. The Labute approximate surface area is 144 Å². The number of hydrogen-bond donors (Lipinski definition) is 2. The molecular weight excluding hydrogens is 326 g/mol. The first-order valence-electron chi connectivity index (χ1n) is 8.25. The summed E-state index contributed by atoms with van der Waals surface area (Å²) in [5.41, 5.74) is -0.870. The molecular formula is C18H19NO6. The van der Waals surface area contributed by atoms with E-state index in [1.165, 1.54) is 4.90 Å². The Hall–Kier alpha value is -2.38. The molecule has 25 heavy (non-hydrogen) atoms. The van der Waals surface area contributed by atoms with Gasteiger partial charge < -0.3 is 24.6 Å². The lowest BCUT2D eigenvalue weighted by molar-refractivity contribution is -0.148. The summed E-state index contributed by atoms with van der Waals surface area (Å²) >= 11 is 0. The highest BCUT2D eigenvalue weighted by Gasteiger charge is 2.67. The zero-order valence-corrected chi connectivity index (χ0v) is 13.4. The van der Waals surface area contributed by atoms with Crippen molar-refractivity contribution in [3.63, 3.8) is 0 Å². The third-order valence-electron chi connectivity index (χ3n) is 5.08. The van der Waals surface area contributed by atoms with E-state index < -0.39 is 35.6 Å². The lowest BCUT2D eigenvalue weighted by Gasteiger charge is -2.23. The standard InChI is InChI=1S/C18H19NO6/c20-11(9-24-12-4-2-1-3-5-12)8-19-10-18-7-6-13(25-18)14(17(22)23)15(18)16(19)21/h1-7,11,13-15,20H,8-10H2,(H,22,23)/t11-,13+,14-,15+,18+/m0/s1. The third-order valence-corrected chi connectivity index (χ3v) is 5.08. The van der Waals surface area contributed by atoms with E-state index in [-0.39, 0.29) is 25.6 Å². The minimum absolute atomic E-state index is 0.0488. The molecule has 2 fully saturated rings. The Morgan fingerprint density at radius 2 is 2.16 bits per heavy atom. The van der Waals surface area contributed by atoms with Crippen LogP contribution in [0.15, 0.2) is 42.5 Å². The molecule has 0 unspecified atom stereocenters. The summed E-state index contributed by atoms with van der Waals surface area (Å²) in [6, 6.07) is 9.10. The van der Waals surface area contributed by atoms with Crippen molar-refractivity contribution >= 4 is 11.9 Å². The van der Waals surface area contributed by atoms with Crippen LogP contribution < -0.4 is 4.74 Å². The molecule has 0 saturated carbocycles. The van der Waals surface area contributed by atoms with Crippen molar-refractivity contribution < 1.29 is 29.3 Å². The highest BCUT2D eigenvalue weighted by atomic mass is 16.5. The minimum atomic E-state index is -1.02. The van der Waals surface area contributed by atoms with Gasteiger partial charge in [-0.15, -0.1) is 0 Å². The van der Waals surface area contributed by atoms with Crippen LogP contribution in [0.3, 0.4) is 0 Å². The molecule has 4 rings (SSSR count). The average Bonchev–Trinajstić information content (AvgIpc) is 3.22. The Bertz CT molecular complexity index is 720. The van der Waals surface area contributed by atoms with Gasteiger partial charge in [-0.3, -0.25) is 9.59 Å². The maximum atomic E-state index is 12.7. The number of carboxylic acids is 1. The van der Waals surface area contributed by atoms with E-state index in [2.05, 4.69) is 0 Å². The fourth-order valence-electron chi connectivity index (χ4n) is 4.03. The van der Waals surface area contributed by atoms with Gasteiger partial charge in [0.15, 0.2) is 0 Å². The van der Waals surface area contributed by atoms with Crippen molar-refractivity contribution in [2.75, 3.05) is 19.7 Å². The van der Waals surface area contributed by atoms with E-state index in [9.17, 15) is 19.8 Å². The number of likely N-dealkylation sites (tertiary alicyclic amines) is 1. The monoisotopic (exact) mass is 345 g/mol. The number of para-hydroxylation sites is 1. The summed E-state index contributed by atoms with van der Waals surface area (Å²) < 4.78 is 11.3. The number of aliphatic hydroxyl groups excluding tert-OH is 1. The number of aliphatic carboxylic acids is 1. The first-order chi connectivity index (χ1) is 12.0. The van der Waals surface area contributed by atoms with Crippen molar-refractivity contribution in [1.29, 1.82) is 0 Å². The molecule has 3 heterocycles. The van der Waals surface area contributed by atoms with Crippen molar-refractivity contribution in [3.8, 4) is 5.75 Å². The third kappa shape index (κ3) is 2.60. The number of hydrogen-bond acceptors (Lipinski definition) is 5. The summed E-state index contributed by atoms with van der Waals surface area (Å²) in [6.45, 7) is 0.390. The fraction of sp³-hybridized carbons (Fsp3) is 0.444. The molecule has 5 atom stereocenters. The first kappa shape index (κ1) is 16.1. The van der Waals surface area contributed by atoms with Gasteiger partial charge in [0.2, 0.25) is 5.91 Å². The molecule has 1 aromatic rings. The van der Waals surface area contributed by atoms with Crippen LogP contribution in [0.5, 0.6) is 5.75 Å². The fourth-order valence-corrected chi connectivity index (χ4v) is 4.03. The smallest absolute Gasteiger partial charge is 0.310 e. The number of benzene rings is 1. The van der Waals surface area contributed by atoms with Crippen molar-refractivity contribution in [1.82, 2.24) is 4.90 Å². The second-order valence-corrected chi connectivity index (χ2v) is 6.73. The number of carboxylic acid groups (broad SMARTS) is 1. The zero-order valence-electron chi connectivity index (χ0n) is 13.4. The van der Waals surface area contributed by atoms with Crippen LogP contribution in [0.4, 0.5) is 0 Å². The summed E-state index contributed by atoms with van der Waals surface area (Å²) in [4.78, 5) is 25.7. The molecule has 2 N–H and O–H groups in total. The largest absolute Gasteiger partial charge is 0.491 e. The first-order valence-corrected chi connectivity index (χ1v) is 8.25. The van der Waals surface area contributed by atoms with Crippen LogP contribution in [0.2, 0.25) is 0 Å². The summed E-state index contributed by atoms with van der Waals surface area (Å²) in [5.74, 6) is -2.24. The molecule has 3 aliphatic rings. The zero-order chi connectivity index (χ0) is 17.6. The molecule has 0 aromatic heterocycles. The predicted molar refractivity (Wildman–Crippen MR) is 85.9 cm³/mol. The van der Waals surface area contributed by atoms with Crippen molar-refractivity contribution in [3.05, 3.63) is 42.5 Å². The maximum absolute atomic E-state index is 12.7. The number of nitrogens with zero attached hydrogens (tertiary/aromatic N) is 1.